The van der Waals surface area contributed by atoms with E-state index in [9.17, 15) is 0 Å². The summed E-state index contributed by atoms with van der Waals surface area (Å²) in [6.45, 7) is 4.95. The predicted octanol–water partition coefficient (Wildman–Crippen LogP) is 15.6. The third kappa shape index (κ3) is 5.45. The van der Waals surface area contributed by atoms with Crippen LogP contribution in [-0.4, -0.2) is 6.71 Å². The van der Waals surface area contributed by atoms with E-state index in [1.165, 1.54) is 141 Å². The van der Waals surface area contributed by atoms with Gasteiger partial charge in [0.2, 0.25) is 0 Å². The van der Waals surface area contributed by atoms with Gasteiger partial charge in [-0.1, -0.05) is 147 Å². The van der Waals surface area contributed by atoms with Gasteiger partial charge in [-0.2, -0.15) is 0 Å². The molecule has 69 heavy (non-hydrogen) atoms. The minimum absolute atomic E-state index is 0.0986. The van der Waals surface area contributed by atoms with E-state index in [1.54, 1.807) is 33.4 Å². The van der Waals surface area contributed by atoms with Crippen LogP contribution in [0.25, 0.3) is 64.6 Å². The Bertz CT molecular complexity index is 3950. The molecule has 0 radical (unpaired) electrons. The summed E-state index contributed by atoms with van der Waals surface area (Å²) in [4.78, 5) is 5.50. The number of rotatable bonds is 4. The van der Waals surface area contributed by atoms with Crippen molar-refractivity contribution >= 4 is 122 Å². The quantitative estimate of drug-likeness (QED) is 0.128. The largest absolute Gasteiger partial charge is 0.311 e. The monoisotopic (exact) mass is 884 g/mol. The normalized spacial score (nSPS) is 15.0. The Morgan fingerprint density at radius 1 is 0.377 bits per heavy atom. The van der Waals surface area contributed by atoms with Crippen molar-refractivity contribution in [2.24, 2.45) is 0 Å². The second-order valence-electron chi connectivity index (χ2n) is 20.4. The van der Waals surface area contributed by atoms with Crippen molar-refractivity contribution in [1.82, 2.24) is 0 Å². The molecule has 0 saturated heterocycles. The molecule has 2 aliphatic carbocycles. The average molecular weight is 885 g/mol. The number of hydrogen-bond acceptors (Lipinski definition) is 2. The Balaban J connectivity index is 1.09. The zero-order chi connectivity index (χ0) is 45.5. The van der Waals surface area contributed by atoms with Crippen LogP contribution in [0.2, 0.25) is 0 Å². The molecule has 15 rings (SSSR count). The maximum atomic E-state index is 2.77. The number of benzene rings is 11. The van der Waals surface area contributed by atoms with Gasteiger partial charge in [-0.15, -0.1) is 0 Å². The summed E-state index contributed by atoms with van der Waals surface area (Å²) >= 11 is 0. The van der Waals surface area contributed by atoms with Crippen molar-refractivity contribution in [3.05, 3.63) is 197 Å². The van der Waals surface area contributed by atoms with E-state index in [0.717, 1.165) is 38.5 Å². The first-order valence-corrected chi connectivity index (χ1v) is 25.9. The molecule has 0 fully saturated rings. The standard InChI is InChI=1S/C66H53BN2/c1-3-43-45-21-7-5-19-40(45)37-58-65(43)68(42-35-36-54-49-25-10-9-23-47(49)48-24-12-14-29-53(48)57(54)39-42)61-33-18-34-62-64(61)67(58)59-38-41-20-6-8-22-46(41)44(4-2)66(59)69(62)60-32-17-31-56-52-27-13-11-26-50(52)51-28-15-16-30-55(51)63(56)60/h9-18,23-39H,3-8,19-22H2,1-2H3. The fourth-order valence-electron chi connectivity index (χ4n) is 14.4. The van der Waals surface area contributed by atoms with Crippen LogP contribution in [0.3, 0.4) is 0 Å². The maximum Gasteiger partial charge on any atom is 0.252 e. The first kappa shape index (κ1) is 39.6. The lowest BCUT2D eigenvalue weighted by Crippen LogP contribution is -2.62. The van der Waals surface area contributed by atoms with Gasteiger partial charge >= 0.3 is 0 Å². The van der Waals surface area contributed by atoms with Crippen molar-refractivity contribution in [3.8, 4) is 0 Å². The van der Waals surface area contributed by atoms with Crippen LogP contribution in [0.4, 0.5) is 34.1 Å². The molecular weight excluding hydrogens is 832 g/mol. The lowest BCUT2D eigenvalue weighted by atomic mass is 9.32. The Morgan fingerprint density at radius 3 is 1.32 bits per heavy atom. The SMILES string of the molecule is CCc1c2c(cc3c1N(c1ccc4c5ccccc5c5ccccc5c4c1)c1cccc4c1B3c1cc3c(c(CC)c1N4c1cccc4c5ccccc5c5ccccc5c14)CCCC3)CCCC2. The Kier molecular flexibility index (Phi) is 8.65. The lowest BCUT2D eigenvalue weighted by Gasteiger charge is -2.47. The van der Waals surface area contributed by atoms with Crippen LogP contribution >= 0.6 is 0 Å². The van der Waals surface area contributed by atoms with Crippen LogP contribution in [0.15, 0.2) is 164 Å². The highest BCUT2D eigenvalue weighted by Gasteiger charge is 2.46. The lowest BCUT2D eigenvalue weighted by molar-refractivity contribution is 0.679. The molecule has 11 aromatic rings. The average Bonchev–Trinajstić information content (AvgIpc) is 3.41. The molecule has 11 aromatic carbocycles. The van der Waals surface area contributed by atoms with E-state index in [2.05, 4.69) is 187 Å². The van der Waals surface area contributed by atoms with Gasteiger partial charge in [0.15, 0.2) is 0 Å². The fourth-order valence-corrected chi connectivity index (χ4v) is 14.4. The molecule has 4 aliphatic rings. The second-order valence-corrected chi connectivity index (χ2v) is 20.4. The highest BCUT2D eigenvalue weighted by atomic mass is 15.2. The molecule has 0 spiro atoms. The minimum atomic E-state index is 0.0986. The van der Waals surface area contributed by atoms with Gasteiger partial charge in [-0.3, -0.25) is 0 Å². The summed E-state index contributed by atoms with van der Waals surface area (Å²) in [5, 5.41) is 15.8. The van der Waals surface area contributed by atoms with Gasteiger partial charge in [0, 0.05) is 33.8 Å². The van der Waals surface area contributed by atoms with E-state index in [0.29, 0.717) is 0 Å². The number of anilines is 6. The smallest absolute Gasteiger partial charge is 0.252 e. The zero-order valence-corrected chi connectivity index (χ0v) is 39.6. The summed E-state index contributed by atoms with van der Waals surface area (Å²) in [5.74, 6) is 0. The minimum Gasteiger partial charge on any atom is -0.311 e. The van der Waals surface area contributed by atoms with Crippen LogP contribution in [-0.2, 0) is 38.5 Å². The summed E-state index contributed by atoms with van der Waals surface area (Å²) in [6, 6.07) is 63.6. The van der Waals surface area contributed by atoms with Crippen LogP contribution < -0.4 is 26.2 Å². The van der Waals surface area contributed by atoms with E-state index in [-0.39, 0.29) is 6.71 Å². The van der Waals surface area contributed by atoms with Gasteiger partial charge in [0.25, 0.3) is 6.71 Å². The van der Waals surface area contributed by atoms with E-state index in [4.69, 9.17) is 0 Å². The van der Waals surface area contributed by atoms with Gasteiger partial charge in [0.1, 0.15) is 0 Å². The predicted molar refractivity (Wildman–Crippen MR) is 298 cm³/mol. The van der Waals surface area contributed by atoms with Crippen LogP contribution in [0, 0.1) is 0 Å². The fraction of sp³-hybridized carbons (Fsp3) is 0.182. The second kappa shape index (κ2) is 15.1. The third-order valence-electron chi connectivity index (χ3n) is 17.1. The van der Waals surface area contributed by atoms with Gasteiger partial charge in [0.05, 0.1) is 5.69 Å². The number of fused-ring (bicyclic) bond motifs is 18. The summed E-state index contributed by atoms with van der Waals surface area (Å²) in [6.07, 6.45) is 11.7. The molecular formula is C66H53BN2. The molecule has 0 saturated carbocycles. The molecule has 2 heterocycles. The molecule has 3 heteroatoms. The molecule has 0 atom stereocenters. The summed E-state index contributed by atoms with van der Waals surface area (Å²) in [7, 11) is 0. The van der Waals surface area contributed by atoms with Gasteiger partial charge in [-0.05, 0) is 204 Å². The van der Waals surface area contributed by atoms with E-state index >= 15 is 0 Å². The van der Waals surface area contributed by atoms with Crippen molar-refractivity contribution < 1.29 is 0 Å². The van der Waals surface area contributed by atoms with Crippen molar-refractivity contribution in [2.75, 3.05) is 9.80 Å². The third-order valence-corrected chi connectivity index (χ3v) is 17.1. The molecule has 0 unspecified atom stereocenters. The highest BCUT2D eigenvalue weighted by molar-refractivity contribution is 7.00. The molecule has 2 nitrogen and oxygen atoms in total. The van der Waals surface area contributed by atoms with Crippen molar-refractivity contribution in [1.29, 1.82) is 0 Å². The number of nitrogens with zero attached hydrogens (tertiary/aromatic N) is 2. The first-order chi connectivity index (χ1) is 34.2. The molecule has 0 bridgehead atoms. The molecule has 2 aliphatic heterocycles. The topological polar surface area (TPSA) is 6.48 Å². The number of aryl methyl sites for hydroxylation is 2. The Labute approximate surface area is 404 Å². The molecule has 330 valence electrons. The molecule has 0 N–H and O–H groups in total. The van der Waals surface area contributed by atoms with Crippen molar-refractivity contribution in [2.45, 2.75) is 78.1 Å². The maximum absolute atomic E-state index is 2.77. The van der Waals surface area contributed by atoms with Crippen LogP contribution in [0.5, 0.6) is 0 Å². The Hall–Kier alpha value is -7.36. The van der Waals surface area contributed by atoms with Crippen LogP contribution in [0.1, 0.15) is 72.9 Å². The van der Waals surface area contributed by atoms with Gasteiger partial charge in [-0.25, -0.2) is 0 Å². The van der Waals surface area contributed by atoms with Crippen molar-refractivity contribution in [3.63, 3.8) is 0 Å². The first-order valence-electron chi connectivity index (χ1n) is 25.9. The zero-order valence-electron chi connectivity index (χ0n) is 39.6. The van der Waals surface area contributed by atoms with Gasteiger partial charge < -0.3 is 9.80 Å². The number of hydrogen-bond donors (Lipinski definition) is 0. The highest BCUT2D eigenvalue weighted by Crippen LogP contribution is 2.52. The van der Waals surface area contributed by atoms with E-state index < -0.39 is 0 Å². The summed E-state index contributed by atoms with van der Waals surface area (Å²) in [5.41, 5.74) is 21.9. The molecule has 0 aromatic heterocycles. The van der Waals surface area contributed by atoms with E-state index in [1.807, 2.05) is 0 Å². The summed E-state index contributed by atoms with van der Waals surface area (Å²) < 4.78 is 0. The molecule has 0 amide bonds. The Morgan fingerprint density at radius 2 is 0.783 bits per heavy atom.